The van der Waals surface area contributed by atoms with E-state index in [1.807, 2.05) is 0 Å². The molecule has 0 radical (unpaired) electrons. The summed E-state index contributed by atoms with van der Waals surface area (Å²) < 4.78 is 0. The molecule has 0 aliphatic carbocycles. The van der Waals surface area contributed by atoms with Crippen LogP contribution < -0.4 is 0 Å². The van der Waals surface area contributed by atoms with Crippen molar-refractivity contribution in [3.63, 3.8) is 0 Å². The van der Waals surface area contributed by atoms with Crippen molar-refractivity contribution in [1.82, 2.24) is 0 Å². The molecule has 0 aliphatic heterocycles. The maximum atomic E-state index is 2.38. The molecule has 8 aromatic carbocycles. The van der Waals surface area contributed by atoms with Gasteiger partial charge in [0.15, 0.2) is 0 Å². The van der Waals surface area contributed by atoms with Crippen molar-refractivity contribution in [2.24, 2.45) is 0 Å². The molecule has 0 unspecified atom stereocenters. The number of hydrogen-bond acceptors (Lipinski definition) is 0. The predicted octanol–water partition coefficient (Wildman–Crippen LogP) is 11.1. The molecule has 0 bridgehead atoms. The minimum atomic E-state index is 1.26. The van der Waals surface area contributed by atoms with Crippen molar-refractivity contribution in [3.05, 3.63) is 145 Å². The monoisotopic (exact) mass is 494 g/mol. The van der Waals surface area contributed by atoms with Gasteiger partial charge in [-0.2, -0.15) is 0 Å². The smallest absolute Gasteiger partial charge is 0.00261 e. The van der Waals surface area contributed by atoms with E-state index < -0.39 is 0 Å². The topological polar surface area (TPSA) is 0 Å². The molecule has 39 heavy (non-hydrogen) atoms. The van der Waals surface area contributed by atoms with Gasteiger partial charge in [-0.15, -0.1) is 0 Å². The molecule has 0 saturated heterocycles. The predicted molar refractivity (Wildman–Crippen MR) is 170 cm³/mol. The molecule has 0 N–H and O–H groups in total. The Bertz CT molecular complexity index is 2230. The van der Waals surface area contributed by atoms with Crippen LogP contribution in [0.3, 0.4) is 0 Å². The molecule has 0 heterocycles. The average molecular weight is 495 g/mol. The third kappa shape index (κ3) is 3.46. The maximum Gasteiger partial charge on any atom is -0.00261 e. The number of benzene rings is 8. The van der Waals surface area contributed by atoms with Gasteiger partial charge in [0.1, 0.15) is 0 Å². The third-order valence-corrected chi connectivity index (χ3v) is 8.25. The minimum absolute atomic E-state index is 1.26. The highest BCUT2D eigenvalue weighted by Crippen LogP contribution is 2.45. The Hall–Kier alpha value is -4.94. The Balaban J connectivity index is 1.47. The second kappa shape index (κ2) is 8.55. The second-order valence-electron chi connectivity index (χ2n) is 10.6. The van der Waals surface area contributed by atoms with Crippen LogP contribution in [-0.2, 0) is 0 Å². The van der Waals surface area contributed by atoms with Crippen LogP contribution in [-0.4, -0.2) is 0 Å². The lowest BCUT2D eigenvalue weighted by molar-refractivity contribution is 1.51. The fourth-order valence-electron chi connectivity index (χ4n) is 6.43. The summed E-state index contributed by atoms with van der Waals surface area (Å²) in [6.07, 6.45) is 0. The van der Waals surface area contributed by atoms with Gasteiger partial charge in [-0.3, -0.25) is 0 Å². The average Bonchev–Trinajstić information content (AvgIpc) is 2.99. The Labute approximate surface area is 227 Å². The normalized spacial score (nSPS) is 11.7. The summed E-state index contributed by atoms with van der Waals surface area (Å²) in [6, 6.07) is 51.5. The lowest BCUT2D eigenvalue weighted by Crippen LogP contribution is -1.92. The largest absolute Gasteiger partial charge is 0.0616 e. The van der Waals surface area contributed by atoms with Gasteiger partial charge in [0.05, 0.1) is 0 Å². The summed E-state index contributed by atoms with van der Waals surface area (Å²) in [5, 5.41) is 12.9. The Morgan fingerprint density at radius 1 is 0.308 bits per heavy atom. The van der Waals surface area contributed by atoms with Crippen molar-refractivity contribution < 1.29 is 0 Å². The maximum absolute atomic E-state index is 2.38. The van der Waals surface area contributed by atoms with Crippen LogP contribution in [0.2, 0.25) is 0 Å². The zero-order valence-electron chi connectivity index (χ0n) is 21.8. The first-order valence-corrected chi connectivity index (χ1v) is 13.6. The fraction of sp³-hybridized carbons (Fsp3) is 0.0256. The van der Waals surface area contributed by atoms with Crippen molar-refractivity contribution >= 4 is 53.9 Å². The van der Waals surface area contributed by atoms with E-state index in [-0.39, 0.29) is 0 Å². The Morgan fingerprint density at radius 2 is 0.795 bits per heavy atom. The summed E-state index contributed by atoms with van der Waals surface area (Å²) in [7, 11) is 0. The molecule has 0 fully saturated rings. The van der Waals surface area contributed by atoms with Crippen molar-refractivity contribution in [2.45, 2.75) is 6.92 Å². The van der Waals surface area contributed by atoms with Gasteiger partial charge in [0.25, 0.3) is 0 Å². The highest BCUT2D eigenvalue weighted by atomic mass is 14.2. The van der Waals surface area contributed by atoms with E-state index in [9.17, 15) is 0 Å². The molecular formula is C39H26. The summed E-state index contributed by atoms with van der Waals surface area (Å²) in [5.41, 5.74) is 6.41. The highest BCUT2D eigenvalue weighted by molar-refractivity contribution is 6.22. The number of aryl methyl sites for hydroxylation is 1. The minimum Gasteiger partial charge on any atom is -0.0616 e. The SMILES string of the molecule is Cc1ccc2c(-c3ccc4ccccc4c3)c3ccccc3c(-c3ccc4c(ccc5ccccc54)c3)c2c1. The molecular weight excluding hydrogens is 468 g/mol. The van der Waals surface area contributed by atoms with Gasteiger partial charge >= 0.3 is 0 Å². The summed E-state index contributed by atoms with van der Waals surface area (Å²) >= 11 is 0. The van der Waals surface area contributed by atoms with Crippen molar-refractivity contribution in [2.75, 3.05) is 0 Å². The standard InChI is InChI=1S/C39H26/c1-25-14-20-36-37(22-25)39(31-19-21-33-29(24-31)17-16-27-9-4-5-11-32(27)33)35-13-7-6-12-34(35)38(36)30-18-15-26-8-2-3-10-28(26)23-30/h2-24H,1H3. The molecule has 182 valence electrons. The van der Waals surface area contributed by atoms with E-state index in [0.29, 0.717) is 0 Å². The van der Waals surface area contributed by atoms with Gasteiger partial charge in [-0.25, -0.2) is 0 Å². The van der Waals surface area contributed by atoms with Crippen LogP contribution >= 0.6 is 0 Å². The molecule has 0 aliphatic rings. The first-order valence-electron chi connectivity index (χ1n) is 13.6. The molecule has 8 aromatic rings. The van der Waals surface area contributed by atoms with Crippen molar-refractivity contribution in [3.8, 4) is 22.3 Å². The van der Waals surface area contributed by atoms with Crippen LogP contribution in [0.25, 0.3) is 76.1 Å². The summed E-state index contributed by atoms with van der Waals surface area (Å²) in [5.74, 6) is 0. The highest BCUT2D eigenvalue weighted by Gasteiger charge is 2.17. The molecule has 0 spiro atoms. The zero-order chi connectivity index (χ0) is 25.9. The zero-order valence-corrected chi connectivity index (χ0v) is 21.8. The summed E-state index contributed by atoms with van der Waals surface area (Å²) in [6.45, 7) is 2.20. The fourth-order valence-corrected chi connectivity index (χ4v) is 6.43. The quantitative estimate of drug-likeness (QED) is 0.166. The molecule has 0 nitrogen and oxygen atoms in total. The Morgan fingerprint density at radius 3 is 1.59 bits per heavy atom. The lowest BCUT2D eigenvalue weighted by atomic mass is 9.84. The van der Waals surface area contributed by atoms with Gasteiger partial charge in [0, 0.05) is 0 Å². The van der Waals surface area contributed by atoms with E-state index >= 15 is 0 Å². The van der Waals surface area contributed by atoms with E-state index in [4.69, 9.17) is 0 Å². The van der Waals surface area contributed by atoms with Crippen LogP contribution in [0.15, 0.2) is 140 Å². The lowest BCUT2D eigenvalue weighted by Gasteiger charge is -2.19. The van der Waals surface area contributed by atoms with E-state index in [1.165, 1.54) is 81.7 Å². The van der Waals surface area contributed by atoms with Gasteiger partial charge in [0.2, 0.25) is 0 Å². The molecule has 0 amide bonds. The van der Waals surface area contributed by atoms with Crippen molar-refractivity contribution in [1.29, 1.82) is 0 Å². The van der Waals surface area contributed by atoms with E-state index in [2.05, 4.69) is 146 Å². The first-order chi connectivity index (χ1) is 19.2. The Kier molecular flexibility index (Phi) is 4.84. The first kappa shape index (κ1) is 22.1. The molecule has 0 saturated carbocycles. The molecule has 0 aromatic heterocycles. The van der Waals surface area contributed by atoms with E-state index in [1.54, 1.807) is 0 Å². The molecule has 8 rings (SSSR count). The second-order valence-corrected chi connectivity index (χ2v) is 10.6. The van der Waals surface area contributed by atoms with Crippen LogP contribution in [0, 0.1) is 6.92 Å². The van der Waals surface area contributed by atoms with Crippen LogP contribution in [0.1, 0.15) is 5.56 Å². The number of hydrogen-bond donors (Lipinski definition) is 0. The van der Waals surface area contributed by atoms with Crippen LogP contribution in [0.5, 0.6) is 0 Å². The van der Waals surface area contributed by atoms with Gasteiger partial charge in [-0.05, 0) is 95.2 Å². The molecule has 0 atom stereocenters. The number of fused-ring (bicyclic) bond motifs is 6. The molecule has 0 heteroatoms. The van der Waals surface area contributed by atoms with Gasteiger partial charge < -0.3 is 0 Å². The third-order valence-electron chi connectivity index (χ3n) is 8.25. The number of rotatable bonds is 2. The van der Waals surface area contributed by atoms with Gasteiger partial charge in [-0.1, -0.05) is 133 Å². The van der Waals surface area contributed by atoms with Crippen LogP contribution in [0.4, 0.5) is 0 Å². The summed E-state index contributed by atoms with van der Waals surface area (Å²) in [4.78, 5) is 0. The van der Waals surface area contributed by atoms with E-state index in [0.717, 1.165) is 0 Å².